The van der Waals surface area contributed by atoms with Gasteiger partial charge in [-0.25, -0.2) is 4.79 Å². The van der Waals surface area contributed by atoms with Gasteiger partial charge in [0.25, 0.3) is 0 Å². The first-order valence-electron chi connectivity index (χ1n) is 3.70. The van der Waals surface area contributed by atoms with E-state index in [0.29, 0.717) is 0 Å². The third-order valence-electron chi connectivity index (χ3n) is 1.45. The van der Waals surface area contributed by atoms with Gasteiger partial charge < -0.3 is 19.5 Å². The highest BCUT2D eigenvalue weighted by Gasteiger charge is 2.41. The summed E-state index contributed by atoms with van der Waals surface area (Å²) < 4.78 is 23.4. The molecule has 9 nitrogen and oxygen atoms in total. The molecule has 92 valence electrons. The number of hydrogen-bond acceptors (Lipinski definition) is 7. The Balaban J connectivity index is 4.74. The van der Waals surface area contributed by atoms with E-state index in [1.54, 1.807) is 0 Å². The van der Waals surface area contributed by atoms with Crippen molar-refractivity contribution in [2.24, 2.45) is 0 Å². The van der Waals surface area contributed by atoms with Crippen molar-refractivity contribution < 1.29 is 42.3 Å². The summed E-state index contributed by atoms with van der Waals surface area (Å²) in [5, 5.41) is 26.1. The molecule has 0 saturated heterocycles. The standard InChI is InChI=1S/C6H8O9S/c7-3(8)1-6(12,5(10)11)2-4(9)15-16(13)14/h12,16H,1-2H2,(H,7,8)(H,10,11). The first-order chi connectivity index (χ1) is 7.17. The Labute approximate surface area is 90.4 Å². The molecule has 0 aromatic carbocycles. The number of aliphatic carboxylic acids is 2. The summed E-state index contributed by atoms with van der Waals surface area (Å²) in [5.74, 6) is -5.18. The van der Waals surface area contributed by atoms with Crippen LogP contribution in [0.3, 0.4) is 0 Å². The average molecular weight is 256 g/mol. The van der Waals surface area contributed by atoms with Gasteiger partial charge in [0.15, 0.2) is 5.60 Å². The van der Waals surface area contributed by atoms with Crippen LogP contribution in [0, 0.1) is 0 Å². The fourth-order valence-electron chi connectivity index (χ4n) is 0.818. The lowest BCUT2D eigenvalue weighted by molar-refractivity contribution is -0.169. The van der Waals surface area contributed by atoms with Gasteiger partial charge in [0, 0.05) is 0 Å². The molecule has 0 rings (SSSR count). The first-order valence-corrected chi connectivity index (χ1v) is 4.79. The third kappa shape index (κ3) is 4.70. The number of hydrogen-bond donors (Lipinski definition) is 4. The van der Waals surface area contributed by atoms with Crippen molar-refractivity contribution >= 4 is 28.9 Å². The van der Waals surface area contributed by atoms with Crippen LogP contribution in [-0.4, -0.2) is 47.2 Å². The number of carbonyl (C=O) groups is 3. The smallest absolute Gasteiger partial charge is 0.336 e. The topological polar surface area (TPSA) is 155 Å². The van der Waals surface area contributed by atoms with Crippen LogP contribution in [0.1, 0.15) is 12.8 Å². The molecule has 10 heteroatoms. The molecule has 0 fully saturated rings. The minimum Gasteiger partial charge on any atom is -0.481 e. The van der Waals surface area contributed by atoms with Gasteiger partial charge in [0.05, 0.1) is 12.8 Å². The lowest BCUT2D eigenvalue weighted by Crippen LogP contribution is -2.43. The van der Waals surface area contributed by atoms with Gasteiger partial charge in [-0.15, -0.1) is 0 Å². The van der Waals surface area contributed by atoms with Gasteiger partial charge in [-0.3, -0.25) is 9.59 Å². The predicted octanol–water partition coefficient (Wildman–Crippen LogP) is -2.26. The molecule has 0 aliphatic rings. The van der Waals surface area contributed by atoms with Crippen molar-refractivity contribution in [3.8, 4) is 0 Å². The third-order valence-corrected chi connectivity index (χ3v) is 1.81. The molecule has 0 amide bonds. The van der Waals surface area contributed by atoms with Gasteiger partial charge >= 0.3 is 28.9 Å². The van der Waals surface area contributed by atoms with E-state index in [-0.39, 0.29) is 0 Å². The normalized spacial score (nSPS) is 14.1. The summed E-state index contributed by atoms with van der Waals surface area (Å²) >= 11 is 0. The van der Waals surface area contributed by atoms with Crippen molar-refractivity contribution in [1.29, 1.82) is 0 Å². The maximum absolute atomic E-state index is 10.7. The maximum Gasteiger partial charge on any atom is 0.336 e. The second kappa shape index (κ2) is 5.42. The van der Waals surface area contributed by atoms with Crippen LogP contribution < -0.4 is 0 Å². The molecular weight excluding hydrogens is 248 g/mol. The van der Waals surface area contributed by atoms with Gasteiger partial charge in [-0.2, -0.15) is 8.42 Å². The molecule has 3 N–H and O–H groups in total. The van der Waals surface area contributed by atoms with Crippen LogP contribution in [0.4, 0.5) is 0 Å². The Kier molecular flexibility index (Phi) is 4.85. The van der Waals surface area contributed by atoms with E-state index in [0.717, 1.165) is 0 Å². The molecule has 0 bridgehead atoms. The molecule has 0 aliphatic heterocycles. The minimum atomic E-state index is -3.53. The fourth-order valence-corrected chi connectivity index (χ4v) is 1.05. The Morgan fingerprint density at radius 2 is 1.62 bits per heavy atom. The largest absolute Gasteiger partial charge is 0.481 e. The van der Waals surface area contributed by atoms with E-state index < -0.39 is 47.3 Å². The van der Waals surface area contributed by atoms with Gasteiger partial charge in [0.1, 0.15) is 0 Å². The first kappa shape index (κ1) is 14.3. The van der Waals surface area contributed by atoms with Crippen molar-refractivity contribution in [2.75, 3.05) is 0 Å². The van der Waals surface area contributed by atoms with Crippen LogP contribution >= 0.6 is 0 Å². The van der Waals surface area contributed by atoms with Crippen molar-refractivity contribution in [2.45, 2.75) is 18.4 Å². The number of carboxylic acids is 2. The quantitative estimate of drug-likeness (QED) is 0.385. The molecular formula is C6H8O9S. The molecule has 0 aromatic heterocycles. The molecule has 1 unspecified atom stereocenters. The van der Waals surface area contributed by atoms with Crippen LogP contribution in [-0.2, 0) is 29.6 Å². The Morgan fingerprint density at radius 1 is 1.12 bits per heavy atom. The monoisotopic (exact) mass is 256 g/mol. The summed E-state index contributed by atoms with van der Waals surface area (Å²) in [4.78, 5) is 31.5. The van der Waals surface area contributed by atoms with E-state index in [4.69, 9.17) is 10.2 Å². The summed E-state index contributed by atoms with van der Waals surface area (Å²) in [7, 11) is -3.53. The number of rotatable bonds is 6. The Bertz CT molecular complexity index is 375. The zero-order chi connectivity index (χ0) is 12.9. The van der Waals surface area contributed by atoms with Crippen molar-refractivity contribution in [3.63, 3.8) is 0 Å². The highest BCUT2D eigenvalue weighted by Crippen LogP contribution is 2.16. The molecule has 0 aromatic rings. The maximum atomic E-state index is 10.7. The SMILES string of the molecule is O=C(O)CC(O)(CC(=O)O[SH](=O)=O)C(=O)O. The average Bonchev–Trinajstić information content (AvgIpc) is 1.98. The van der Waals surface area contributed by atoms with Crippen molar-refractivity contribution in [1.82, 2.24) is 0 Å². The zero-order valence-corrected chi connectivity index (χ0v) is 8.55. The number of aliphatic hydroxyl groups is 1. The van der Waals surface area contributed by atoms with E-state index in [1.165, 1.54) is 0 Å². The lowest BCUT2D eigenvalue weighted by atomic mass is 9.96. The number of carbonyl (C=O) groups excluding carboxylic acids is 1. The molecule has 0 spiro atoms. The van der Waals surface area contributed by atoms with Gasteiger partial charge in [0.2, 0.25) is 0 Å². The van der Waals surface area contributed by atoms with Crippen LogP contribution in [0.15, 0.2) is 0 Å². The molecule has 0 radical (unpaired) electrons. The van der Waals surface area contributed by atoms with Crippen LogP contribution in [0.2, 0.25) is 0 Å². The number of carboxylic acid groups (broad SMARTS) is 2. The summed E-state index contributed by atoms with van der Waals surface area (Å²) in [6.45, 7) is 0. The van der Waals surface area contributed by atoms with Crippen molar-refractivity contribution in [3.05, 3.63) is 0 Å². The predicted molar refractivity (Wildman–Crippen MR) is 45.9 cm³/mol. The van der Waals surface area contributed by atoms with Gasteiger partial charge in [-0.1, -0.05) is 0 Å². The summed E-state index contributed by atoms with van der Waals surface area (Å²) in [6.07, 6.45) is -2.54. The second-order valence-electron chi connectivity index (χ2n) is 2.77. The van der Waals surface area contributed by atoms with Gasteiger partial charge in [-0.05, 0) is 0 Å². The molecule has 0 saturated carbocycles. The lowest BCUT2D eigenvalue weighted by Gasteiger charge is -2.19. The molecule has 1 atom stereocenters. The Morgan fingerprint density at radius 3 is 1.94 bits per heavy atom. The van der Waals surface area contributed by atoms with E-state index in [2.05, 4.69) is 4.18 Å². The minimum absolute atomic E-state index is 1.26. The van der Waals surface area contributed by atoms with E-state index in [1.807, 2.05) is 0 Å². The number of thiol groups is 1. The fraction of sp³-hybridized carbons (Fsp3) is 0.500. The molecule has 0 heterocycles. The van der Waals surface area contributed by atoms with E-state index in [9.17, 15) is 27.9 Å². The highest BCUT2D eigenvalue weighted by molar-refractivity contribution is 7.67. The highest BCUT2D eigenvalue weighted by atomic mass is 32.2. The molecule has 16 heavy (non-hydrogen) atoms. The van der Waals surface area contributed by atoms with Crippen LogP contribution in [0.5, 0.6) is 0 Å². The van der Waals surface area contributed by atoms with Crippen LogP contribution in [0.25, 0.3) is 0 Å². The zero-order valence-electron chi connectivity index (χ0n) is 7.65. The van der Waals surface area contributed by atoms with E-state index >= 15 is 0 Å². The summed E-state index contributed by atoms with van der Waals surface area (Å²) in [5.41, 5.74) is -2.89. The second-order valence-corrected chi connectivity index (χ2v) is 3.40. The Hall–Kier alpha value is -1.68. The molecule has 0 aliphatic carbocycles. The summed E-state index contributed by atoms with van der Waals surface area (Å²) in [6, 6.07) is 0.